The predicted octanol–water partition coefficient (Wildman–Crippen LogP) is 3.32. The molecule has 4 aliphatic carbocycles. The highest BCUT2D eigenvalue weighted by atomic mass is 16.3. The van der Waals surface area contributed by atoms with E-state index < -0.39 is 5.60 Å². The Kier molecular flexibility index (Phi) is 3.08. The molecule has 4 saturated carbocycles. The summed E-state index contributed by atoms with van der Waals surface area (Å²) in [5.41, 5.74) is -0.647. The highest BCUT2D eigenvalue weighted by Crippen LogP contribution is 2.74. The van der Waals surface area contributed by atoms with Gasteiger partial charge in [-0.05, 0) is 73.0 Å². The van der Waals surface area contributed by atoms with Crippen LogP contribution in [0.3, 0.4) is 0 Å². The fraction of sp³-hybridized carbons (Fsp3) is 0.950. The second-order valence-corrected chi connectivity index (χ2v) is 10.4. The zero-order valence-electron chi connectivity index (χ0n) is 15.1. The summed E-state index contributed by atoms with van der Waals surface area (Å²) in [6, 6.07) is 0. The van der Waals surface area contributed by atoms with Crippen LogP contribution < -0.4 is 0 Å². The van der Waals surface area contributed by atoms with Crippen LogP contribution in [0.2, 0.25) is 0 Å². The van der Waals surface area contributed by atoms with Crippen LogP contribution in [0.4, 0.5) is 0 Å². The van der Waals surface area contributed by atoms with E-state index in [1.54, 1.807) is 0 Å². The van der Waals surface area contributed by atoms with E-state index >= 15 is 0 Å². The minimum atomic E-state index is -0.562. The molecule has 3 heteroatoms. The fourth-order valence-corrected chi connectivity index (χ4v) is 7.95. The topological polar surface area (TPSA) is 57.5 Å². The molecule has 0 aromatic carbocycles. The van der Waals surface area contributed by atoms with Crippen LogP contribution in [-0.4, -0.2) is 27.7 Å². The van der Waals surface area contributed by atoms with Crippen molar-refractivity contribution in [3.8, 4) is 0 Å². The van der Waals surface area contributed by atoms with Gasteiger partial charge in [0.05, 0.1) is 11.7 Å². The van der Waals surface area contributed by atoms with Gasteiger partial charge in [0, 0.05) is 12.8 Å². The summed E-state index contributed by atoms with van der Waals surface area (Å²) in [6.45, 7) is 8.65. The van der Waals surface area contributed by atoms with E-state index in [-0.39, 0.29) is 28.3 Å². The van der Waals surface area contributed by atoms with Crippen LogP contribution in [0, 0.1) is 34.0 Å². The van der Waals surface area contributed by atoms with Gasteiger partial charge in [0.2, 0.25) is 0 Å². The zero-order chi connectivity index (χ0) is 16.8. The summed E-state index contributed by atoms with van der Waals surface area (Å²) in [5, 5.41) is 21.8. The molecule has 0 saturated heterocycles. The summed E-state index contributed by atoms with van der Waals surface area (Å²) in [4.78, 5) is 12.6. The first-order valence-electron chi connectivity index (χ1n) is 9.44. The van der Waals surface area contributed by atoms with Gasteiger partial charge in [-0.2, -0.15) is 0 Å². The molecule has 0 aliphatic heterocycles. The van der Waals surface area contributed by atoms with Gasteiger partial charge in [-0.15, -0.1) is 0 Å². The lowest BCUT2D eigenvalue weighted by Gasteiger charge is -2.66. The molecular weight excluding hydrogens is 288 g/mol. The van der Waals surface area contributed by atoms with Gasteiger partial charge < -0.3 is 10.2 Å². The van der Waals surface area contributed by atoms with Gasteiger partial charge in [0.25, 0.3) is 0 Å². The van der Waals surface area contributed by atoms with Crippen LogP contribution in [0.25, 0.3) is 0 Å². The van der Waals surface area contributed by atoms with Crippen molar-refractivity contribution in [2.45, 2.75) is 84.3 Å². The van der Waals surface area contributed by atoms with Crippen molar-refractivity contribution in [2.24, 2.45) is 34.0 Å². The first kappa shape index (κ1) is 16.1. The second-order valence-electron chi connectivity index (χ2n) is 10.4. The van der Waals surface area contributed by atoms with Crippen molar-refractivity contribution in [3.05, 3.63) is 0 Å². The summed E-state index contributed by atoms with van der Waals surface area (Å²) in [5.74, 6) is 1.38. The van der Waals surface area contributed by atoms with E-state index in [2.05, 4.69) is 20.8 Å². The average molecular weight is 320 g/mol. The number of ketones is 1. The maximum Gasteiger partial charge on any atom is 0.134 e. The lowest BCUT2D eigenvalue weighted by Crippen LogP contribution is -2.64. The maximum absolute atomic E-state index is 12.6. The van der Waals surface area contributed by atoms with Crippen molar-refractivity contribution in [2.75, 3.05) is 0 Å². The number of hydrogen-bond acceptors (Lipinski definition) is 3. The molecule has 0 heterocycles. The molecule has 4 rings (SSSR count). The smallest absolute Gasteiger partial charge is 0.134 e. The Hall–Kier alpha value is -0.410. The number of carbonyl (C=O) groups is 1. The molecule has 4 aliphatic rings. The molecule has 3 nitrogen and oxygen atoms in total. The van der Waals surface area contributed by atoms with Crippen molar-refractivity contribution in [1.82, 2.24) is 0 Å². The largest absolute Gasteiger partial charge is 0.393 e. The normalized spacial score (nSPS) is 57.7. The first-order chi connectivity index (χ1) is 10.5. The van der Waals surface area contributed by atoms with E-state index in [0.29, 0.717) is 30.5 Å². The predicted molar refractivity (Wildman–Crippen MR) is 88.7 cm³/mol. The van der Waals surface area contributed by atoms with Gasteiger partial charge in [-0.25, -0.2) is 0 Å². The van der Waals surface area contributed by atoms with Crippen molar-refractivity contribution >= 4 is 5.78 Å². The molecule has 0 amide bonds. The molecule has 0 aromatic rings. The van der Waals surface area contributed by atoms with E-state index in [9.17, 15) is 15.0 Å². The summed E-state index contributed by atoms with van der Waals surface area (Å²) in [6.07, 6.45) is 5.74. The van der Waals surface area contributed by atoms with E-state index in [1.165, 1.54) is 0 Å². The minimum Gasteiger partial charge on any atom is -0.393 e. The molecule has 2 N–H and O–H groups in total. The maximum atomic E-state index is 12.6. The lowest BCUT2D eigenvalue weighted by molar-refractivity contribution is -0.208. The molecule has 130 valence electrons. The number of fused-ring (bicyclic) bond motifs is 2. The van der Waals surface area contributed by atoms with Crippen LogP contribution in [0.15, 0.2) is 0 Å². The van der Waals surface area contributed by atoms with Crippen molar-refractivity contribution in [1.29, 1.82) is 0 Å². The van der Waals surface area contributed by atoms with Crippen LogP contribution in [-0.2, 0) is 4.79 Å². The number of hydrogen-bond donors (Lipinski definition) is 2. The van der Waals surface area contributed by atoms with Crippen LogP contribution in [0.1, 0.15) is 72.6 Å². The van der Waals surface area contributed by atoms with E-state index in [0.717, 1.165) is 32.1 Å². The highest BCUT2D eigenvalue weighted by Gasteiger charge is 2.71. The van der Waals surface area contributed by atoms with E-state index in [4.69, 9.17) is 0 Å². The van der Waals surface area contributed by atoms with Crippen LogP contribution >= 0.6 is 0 Å². The second kappa shape index (κ2) is 4.40. The molecule has 23 heavy (non-hydrogen) atoms. The quantitative estimate of drug-likeness (QED) is 0.720. The molecule has 0 unspecified atom stereocenters. The zero-order valence-corrected chi connectivity index (χ0v) is 15.1. The van der Waals surface area contributed by atoms with Crippen LogP contribution in [0.5, 0.6) is 0 Å². The van der Waals surface area contributed by atoms with Gasteiger partial charge >= 0.3 is 0 Å². The molecule has 7 atom stereocenters. The van der Waals surface area contributed by atoms with Gasteiger partial charge in [0.15, 0.2) is 0 Å². The average Bonchev–Trinajstić information content (AvgIpc) is 2.70. The molecular formula is C20H32O3. The third-order valence-electron chi connectivity index (χ3n) is 8.71. The van der Waals surface area contributed by atoms with Crippen molar-refractivity contribution < 1.29 is 15.0 Å². The van der Waals surface area contributed by atoms with Gasteiger partial charge in [-0.1, -0.05) is 20.8 Å². The Labute approximate surface area is 139 Å². The summed E-state index contributed by atoms with van der Waals surface area (Å²) < 4.78 is 0. The molecule has 1 spiro atoms. The van der Waals surface area contributed by atoms with Gasteiger partial charge in [0.1, 0.15) is 5.78 Å². The first-order valence-corrected chi connectivity index (χ1v) is 9.44. The third kappa shape index (κ3) is 1.87. The molecule has 0 aromatic heterocycles. The number of rotatable bonds is 0. The van der Waals surface area contributed by atoms with Crippen molar-refractivity contribution in [3.63, 3.8) is 0 Å². The molecule has 2 bridgehead atoms. The minimum absolute atomic E-state index is 0.112. The Morgan fingerprint density at radius 3 is 2.39 bits per heavy atom. The summed E-state index contributed by atoms with van der Waals surface area (Å²) in [7, 11) is 0. The Bertz CT molecular complexity index is 551. The molecule has 0 radical (unpaired) electrons. The number of aliphatic hydroxyl groups excluding tert-OH is 1. The lowest BCUT2D eigenvalue weighted by atomic mass is 9.39. The Morgan fingerprint density at radius 2 is 1.70 bits per heavy atom. The SMILES string of the molecule is CC1(C)CC(=O)C[C@@]2(C)[C@H]1[C@@H](O)C[C@@H]1C[C@H]3C[C@]12CC[C@@]3(C)O. The van der Waals surface area contributed by atoms with Gasteiger partial charge in [-0.3, -0.25) is 4.79 Å². The standard InChI is InChI=1S/C20H32O3/c1-17(2)10-14(21)11-18(3)16(17)15(22)8-12-7-13-9-20(12,18)6-5-19(13,4)23/h12-13,15-16,22-23H,5-11H2,1-4H3/t12-,13-,15-,16-,18-,19+,20+/m0/s1. The number of Topliss-reactive ketones (excluding diaryl/α,β-unsaturated/α-hetero) is 1. The number of carbonyl (C=O) groups excluding carboxylic acids is 1. The molecule has 4 fully saturated rings. The van der Waals surface area contributed by atoms with E-state index in [1.807, 2.05) is 6.92 Å². The highest BCUT2D eigenvalue weighted by molar-refractivity contribution is 5.81. The Morgan fingerprint density at radius 1 is 1.00 bits per heavy atom. The third-order valence-corrected chi connectivity index (χ3v) is 8.71. The monoisotopic (exact) mass is 320 g/mol. The Balaban J connectivity index is 1.83. The fourth-order valence-electron chi connectivity index (χ4n) is 7.95. The summed E-state index contributed by atoms with van der Waals surface area (Å²) >= 11 is 0. The number of aliphatic hydroxyl groups is 2.